The fourth-order valence-electron chi connectivity index (χ4n) is 4.24. The highest BCUT2D eigenvalue weighted by Crippen LogP contribution is 2.33. The smallest absolute Gasteiger partial charge is 0.314 e. The van der Waals surface area contributed by atoms with Gasteiger partial charge in [-0.05, 0) is 62.2 Å². The van der Waals surface area contributed by atoms with E-state index in [1.807, 2.05) is 13.0 Å². The second-order valence-corrected chi connectivity index (χ2v) is 10.6. The summed E-state index contributed by atoms with van der Waals surface area (Å²) in [5.74, 6) is 1.67. The van der Waals surface area contributed by atoms with Crippen LogP contribution in [0.3, 0.4) is 0 Å². The largest absolute Gasteiger partial charge is 0.490 e. The van der Waals surface area contributed by atoms with Crippen LogP contribution in [0.25, 0.3) is 10.9 Å². The van der Waals surface area contributed by atoms with Crippen LogP contribution in [-0.4, -0.2) is 57.3 Å². The van der Waals surface area contributed by atoms with Gasteiger partial charge in [0.25, 0.3) is 10.0 Å². The topological polar surface area (TPSA) is 121 Å². The summed E-state index contributed by atoms with van der Waals surface area (Å²) >= 11 is 0. The van der Waals surface area contributed by atoms with E-state index in [0.717, 1.165) is 16.5 Å². The molecule has 206 valence electrons. The van der Waals surface area contributed by atoms with Crippen molar-refractivity contribution in [1.82, 2.24) is 19.6 Å². The van der Waals surface area contributed by atoms with Crippen molar-refractivity contribution in [3.05, 3.63) is 77.6 Å². The SMILES string of the molecule is CNC(=O)NCCc1c(C)n(S(=O)(=O)c2ccc(C)cc2)c2ccc(OCCOc3ccc(OC)nc3)cc12. The van der Waals surface area contributed by atoms with Gasteiger partial charge in [0, 0.05) is 30.7 Å². The van der Waals surface area contributed by atoms with Gasteiger partial charge in [-0.1, -0.05) is 17.7 Å². The lowest BCUT2D eigenvalue weighted by atomic mass is 10.1. The molecule has 0 fully saturated rings. The number of amides is 2. The highest BCUT2D eigenvalue weighted by molar-refractivity contribution is 7.90. The van der Waals surface area contributed by atoms with Crippen molar-refractivity contribution >= 4 is 27.0 Å². The number of rotatable bonds is 11. The Labute approximate surface area is 228 Å². The second kappa shape index (κ2) is 12.1. The number of carbonyl (C=O) groups is 1. The summed E-state index contributed by atoms with van der Waals surface area (Å²) in [7, 11) is -0.779. The maximum Gasteiger partial charge on any atom is 0.314 e. The van der Waals surface area contributed by atoms with Gasteiger partial charge in [0.15, 0.2) is 0 Å². The summed E-state index contributed by atoms with van der Waals surface area (Å²) < 4.78 is 45.4. The molecule has 0 saturated heterocycles. The van der Waals surface area contributed by atoms with Crippen LogP contribution in [0.2, 0.25) is 0 Å². The van der Waals surface area contributed by atoms with Crippen LogP contribution >= 0.6 is 0 Å². The first-order valence-electron chi connectivity index (χ1n) is 12.4. The van der Waals surface area contributed by atoms with Gasteiger partial charge in [-0.15, -0.1) is 0 Å². The lowest BCUT2D eigenvalue weighted by molar-refractivity contribution is 0.216. The number of hydrogen-bond acceptors (Lipinski definition) is 7. The summed E-state index contributed by atoms with van der Waals surface area (Å²) in [6, 6.07) is 15.2. The van der Waals surface area contributed by atoms with Gasteiger partial charge in [-0.3, -0.25) is 0 Å². The fraction of sp³-hybridized carbons (Fsp3) is 0.286. The molecule has 0 spiro atoms. The zero-order valence-electron chi connectivity index (χ0n) is 22.4. The molecule has 2 N–H and O–H groups in total. The zero-order valence-corrected chi connectivity index (χ0v) is 23.2. The van der Waals surface area contributed by atoms with Crippen molar-refractivity contribution in [3.8, 4) is 17.4 Å². The van der Waals surface area contributed by atoms with Crippen LogP contribution in [0.5, 0.6) is 17.4 Å². The van der Waals surface area contributed by atoms with E-state index in [0.29, 0.717) is 41.6 Å². The number of hydrogen-bond donors (Lipinski definition) is 2. The van der Waals surface area contributed by atoms with Crippen molar-refractivity contribution in [3.63, 3.8) is 0 Å². The summed E-state index contributed by atoms with van der Waals surface area (Å²) in [6.07, 6.45) is 2.01. The molecular weight excluding hydrogens is 520 g/mol. The molecule has 0 aliphatic carbocycles. The molecule has 0 aliphatic rings. The summed E-state index contributed by atoms with van der Waals surface area (Å²) in [5, 5.41) is 6.02. The Morgan fingerprint density at radius 1 is 0.974 bits per heavy atom. The first kappa shape index (κ1) is 27.8. The minimum atomic E-state index is -3.87. The van der Waals surface area contributed by atoms with Crippen LogP contribution in [0, 0.1) is 13.8 Å². The molecule has 10 nitrogen and oxygen atoms in total. The third-order valence-corrected chi connectivity index (χ3v) is 8.06. The van der Waals surface area contributed by atoms with Crippen molar-refractivity contribution in [1.29, 1.82) is 0 Å². The van der Waals surface area contributed by atoms with Gasteiger partial charge in [0.1, 0.15) is 24.7 Å². The molecule has 4 aromatic rings. The van der Waals surface area contributed by atoms with E-state index >= 15 is 0 Å². The molecule has 2 amide bonds. The Hall–Kier alpha value is -4.25. The minimum absolute atomic E-state index is 0.202. The third kappa shape index (κ3) is 6.26. The molecule has 4 rings (SSSR count). The van der Waals surface area contributed by atoms with Crippen LogP contribution in [-0.2, 0) is 16.4 Å². The number of ether oxygens (including phenoxy) is 3. The van der Waals surface area contributed by atoms with Gasteiger partial charge in [0.2, 0.25) is 5.88 Å². The Balaban J connectivity index is 1.60. The normalized spacial score (nSPS) is 11.3. The molecule has 0 aliphatic heterocycles. The number of nitrogens with zero attached hydrogens (tertiary/aromatic N) is 2. The Bertz CT molecular complexity index is 1550. The number of carbonyl (C=O) groups excluding carboxylic acids is 1. The molecule has 0 atom stereocenters. The maximum absolute atomic E-state index is 13.7. The molecule has 11 heteroatoms. The predicted molar refractivity (Wildman–Crippen MR) is 148 cm³/mol. The van der Waals surface area contributed by atoms with Crippen LogP contribution < -0.4 is 24.8 Å². The number of benzene rings is 2. The highest BCUT2D eigenvalue weighted by atomic mass is 32.2. The molecule has 0 bridgehead atoms. The van der Waals surface area contributed by atoms with Gasteiger partial charge in [0.05, 0.1) is 23.7 Å². The van der Waals surface area contributed by atoms with Gasteiger partial charge >= 0.3 is 6.03 Å². The number of pyridine rings is 1. The van der Waals surface area contributed by atoms with Crippen molar-refractivity contribution in [2.24, 2.45) is 0 Å². The fourth-order valence-corrected chi connectivity index (χ4v) is 5.82. The number of aromatic nitrogens is 2. The Morgan fingerprint density at radius 3 is 2.31 bits per heavy atom. The molecule has 2 aromatic carbocycles. The van der Waals surface area contributed by atoms with Gasteiger partial charge < -0.3 is 24.8 Å². The van der Waals surface area contributed by atoms with E-state index in [2.05, 4.69) is 15.6 Å². The molecule has 0 radical (unpaired) electrons. The summed E-state index contributed by atoms with van der Waals surface area (Å²) in [6.45, 7) is 4.57. The van der Waals surface area contributed by atoms with Crippen molar-refractivity contribution in [2.75, 3.05) is 33.9 Å². The number of nitrogens with one attached hydrogen (secondary N) is 2. The Morgan fingerprint density at radius 2 is 1.67 bits per heavy atom. The van der Waals surface area contributed by atoms with Crippen molar-refractivity contribution in [2.45, 2.75) is 25.2 Å². The number of aryl methyl sites for hydroxylation is 1. The lowest BCUT2D eigenvalue weighted by Gasteiger charge is -2.11. The standard InChI is InChI=1S/C28H32N4O6S/c1-19-5-9-23(10-6-19)39(34,35)32-20(2)24(13-14-30-28(33)29-3)25-17-21(7-11-26(25)32)37-15-16-38-22-8-12-27(36-4)31-18-22/h5-12,17-18H,13-16H2,1-4H3,(H2,29,30,33). The van der Waals surface area contributed by atoms with E-state index in [1.54, 1.807) is 75.8 Å². The highest BCUT2D eigenvalue weighted by Gasteiger charge is 2.25. The number of methoxy groups -OCH3 is 1. The second-order valence-electron chi connectivity index (χ2n) is 8.81. The zero-order chi connectivity index (χ0) is 28.0. The van der Waals surface area contributed by atoms with E-state index in [9.17, 15) is 13.2 Å². The van der Waals surface area contributed by atoms with E-state index in [-0.39, 0.29) is 24.1 Å². The molecular formula is C28H32N4O6S. The molecule has 0 unspecified atom stereocenters. The summed E-state index contributed by atoms with van der Waals surface area (Å²) in [4.78, 5) is 16.0. The minimum Gasteiger partial charge on any atom is -0.490 e. The number of urea groups is 1. The average Bonchev–Trinajstić information content (AvgIpc) is 3.22. The van der Waals surface area contributed by atoms with E-state index in [4.69, 9.17) is 14.2 Å². The van der Waals surface area contributed by atoms with E-state index < -0.39 is 10.0 Å². The first-order valence-corrected chi connectivity index (χ1v) is 13.9. The first-order chi connectivity index (χ1) is 18.7. The van der Waals surface area contributed by atoms with Crippen molar-refractivity contribution < 1.29 is 27.4 Å². The monoisotopic (exact) mass is 552 g/mol. The Kier molecular flexibility index (Phi) is 8.60. The summed E-state index contributed by atoms with van der Waals surface area (Å²) in [5.41, 5.74) is 2.90. The van der Waals surface area contributed by atoms with Gasteiger partial charge in [-0.25, -0.2) is 22.2 Å². The van der Waals surface area contributed by atoms with E-state index in [1.165, 1.54) is 3.97 Å². The predicted octanol–water partition coefficient (Wildman–Crippen LogP) is 3.83. The van der Waals surface area contributed by atoms with Crippen LogP contribution in [0.1, 0.15) is 16.8 Å². The average molecular weight is 553 g/mol. The van der Waals surface area contributed by atoms with Crippen LogP contribution in [0.15, 0.2) is 65.7 Å². The molecule has 0 saturated carbocycles. The quantitative estimate of drug-likeness (QED) is 0.271. The van der Waals surface area contributed by atoms with Crippen LogP contribution in [0.4, 0.5) is 4.79 Å². The number of fused-ring (bicyclic) bond motifs is 1. The van der Waals surface area contributed by atoms with Gasteiger partial charge in [-0.2, -0.15) is 0 Å². The third-order valence-electron chi connectivity index (χ3n) is 6.24. The molecule has 2 aromatic heterocycles. The maximum atomic E-state index is 13.7. The molecule has 39 heavy (non-hydrogen) atoms. The molecule has 2 heterocycles. The lowest BCUT2D eigenvalue weighted by Crippen LogP contribution is -2.34.